The van der Waals surface area contributed by atoms with E-state index in [1.54, 1.807) is 0 Å². The minimum Gasteiger partial charge on any atom is -0.404 e. The molecule has 0 spiro atoms. The van der Waals surface area contributed by atoms with Crippen molar-refractivity contribution in [1.82, 2.24) is 0 Å². The summed E-state index contributed by atoms with van der Waals surface area (Å²) in [7, 11) is -0.496. The fraction of sp³-hybridized carbons (Fsp3) is 0.500. The zero-order chi connectivity index (χ0) is 28.6. The van der Waals surface area contributed by atoms with Crippen molar-refractivity contribution in [2.24, 2.45) is 17.8 Å². The molecule has 0 amide bonds. The Labute approximate surface area is 255 Å². The van der Waals surface area contributed by atoms with Crippen LogP contribution in [0.3, 0.4) is 0 Å². The maximum atomic E-state index is 7.20. The smallest absolute Gasteiger partial charge is 0.404 e. The largest absolute Gasteiger partial charge is 0.494 e. The molecule has 0 aromatic heterocycles. The molecule has 7 heteroatoms. The lowest BCUT2D eigenvalue weighted by Gasteiger charge is -2.58. The molecule has 4 saturated carbocycles. The third-order valence-electron chi connectivity index (χ3n) is 10.3. The monoisotopic (exact) mass is 580 g/mol. The summed E-state index contributed by atoms with van der Waals surface area (Å²) in [5.74, 6) is 2.30. The highest BCUT2D eigenvalue weighted by Gasteiger charge is 2.57. The Morgan fingerprint density at radius 1 is 0.674 bits per heavy atom. The summed E-state index contributed by atoms with van der Waals surface area (Å²) in [6.07, 6.45) is 5.31. The Morgan fingerprint density at radius 2 is 1.21 bits per heavy atom. The van der Waals surface area contributed by atoms with Crippen LogP contribution in [0.25, 0.3) is 0 Å². The van der Waals surface area contributed by atoms with Gasteiger partial charge in [0.15, 0.2) is 6.29 Å². The van der Waals surface area contributed by atoms with Crippen LogP contribution in [-0.4, -0.2) is 50.0 Å². The van der Waals surface area contributed by atoms with E-state index in [4.69, 9.17) is 28.3 Å². The van der Waals surface area contributed by atoms with Crippen molar-refractivity contribution in [3.63, 3.8) is 0 Å². The fourth-order valence-electron chi connectivity index (χ4n) is 8.74. The highest BCUT2D eigenvalue weighted by molar-refractivity contribution is 6.61. The van der Waals surface area contributed by atoms with E-state index in [1.807, 2.05) is 66.7 Å². The molecule has 3 aromatic rings. The quantitative estimate of drug-likeness (QED) is 0.304. The molecule has 0 N–H and O–H groups in total. The molecule has 4 bridgehead atoms. The van der Waals surface area contributed by atoms with E-state index in [9.17, 15) is 0 Å². The number of ether oxygens (including phenoxy) is 4. The van der Waals surface area contributed by atoms with E-state index in [2.05, 4.69) is 24.3 Å². The van der Waals surface area contributed by atoms with Gasteiger partial charge in [0.1, 0.15) is 24.4 Å². The first-order chi connectivity index (χ1) is 21.2. The van der Waals surface area contributed by atoms with E-state index < -0.39 is 25.6 Å². The summed E-state index contributed by atoms with van der Waals surface area (Å²) < 4.78 is 40.6. The minimum atomic E-state index is -0.567. The Hall–Kier alpha value is -2.52. The molecule has 4 aliphatic carbocycles. The number of fused-ring (bicyclic) bond motifs is 1. The number of rotatable bonds is 9. The van der Waals surface area contributed by atoms with Gasteiger partial charge < -0.3 is 28.3 Å². The first-order valence-corrected chi connectivity index (χ1v) is 16.2. The van der Waals surface area contributed by atoms with Gasteiger partial charge in [-0.15, -0.1) is 0 Å². The van der Waals surface area contributed by atoms with Crippen LogP contribution < -0.4 is 5.46 Å². The van der Waals surface area contributed by atoms with Crippen molar-refractivity contribution in [2.45, 2.75) is 88.0 Å². The second-order valence-corrected chi connectivity index (χ2v) is 13.5. The van der Waals surface area contributed by atoms with Crippen molar-refractivity contribution in [3.05, 3.63) is 102 Å². The van der Waals surface area contributed by atoms with Crippen LogP contribution in [0.2, 0.25) is 0 Å². The predicted molar refractivity (Wildman–Crippen MR) is 163 cm³/mol. The van der Waals surface area contributed by atoms with Crippen LogP contribution in [0.1, 0.15) is 49.7 Å². The van der Waals surface area contributed by atoms with Crippen molar-refractivity contribution in [2.75, 3.05) is 6.61 Å². The van der Waals surface area contributed by atoms with Gasteiger partial charge in [-0.3, -0.25) is 0 Å². The second-order valence-electron chi connectivity index (χ2n) is 13.5. The summed E-state index contributed by atoms with van der Waals surface area (Å²) in [5.41, 5.74) is 3.05. The van der Waals surface area contributed by atoms with Gasteiger partial charge in [-0.2, -0.15) is 0 Å². The zero-order valence-corrected chi connectivity index (χ0v) is 24.7. The molecule has 224 valence electrons. The molecule has 6 fully saturated rings. The van der Waals surface area contributed by atoms with Crippen molar-refractivity contribution in [3.8, 4) is 0 Å². The van der Waals surface area contributed by atoms with Gasteiger partial charge in [-0.05, 0) is 72.9 Å². The molecule has 0 radical (unpaired) electrons. The van der Waals surface area contributed by atoms with Crippen LogP contribution in [0.15, 0.2) is 91.0 Å². The van der Waals surface area contributed by atoms with Gasteiger partial charge in [0.05, 0.1) is 25.4 Å². The molecule has 2 heterocycles. The third-order valence-corrected chi connectivity index (χ3v) is 10.3. The molecule has 43 heavy (non-hydrogen) atoms. The maximum Gasteiger partial charge on any atom is 0.494 e. The fourth-order valence-corrected chi connectivity index (χ4v) is 8.74. The Bertz CT molecular complexity index is 1300. The average molecular weight is 581 g/mol. The van der Waals surface area contributed by atoms with Gasteiger partial charge in [-0.1, -0.05) is 91.0 Å². The SMILES string of the molecule is c1ccc(CO[C@@H]2[C@@H](OCc3ccccc3)[C@@H](OC34CC5CC(CC(C5)C3)C4)O[C@@H]3COB(c4ccccc4)O[C@@H]23)cc1. The van der Waals surface area contributed by atoms with Gasteiger partial charge >= 0.3 is 7.12 Å². The molecule has 6 nitrogen and oxygen atoms in total. The normalized spacial score (nSPS) is 36.4. The van der Waals surface area contributed by atoms with Gasteiger partial charge in [0.2, 0.25) is 0 Å². The maximum absolute atomic E-state index is 7.20. The van der Waals surface area contributed by atoms with E-state index in [-0.39, 0.29) is 17.8 Å². The molecule has 2 aliphatic heterocycles. The van der Waals surface area contributed by atoms with E-state index in [1.165, 1.54) is 19.3 Å². The number of hydrogen-bond donors (Lipinski definition) is 0. The Kier molecular flexibility index (Phi) is 7.89. The van der Waals surface area contributed by atoms with Crippen LogP contribution in [0.5, 0.6) is 0 Å². The van der Waals surface area contributed by atoms with Gasteiger partial charge in [-0.25, -0.2) is 0 Å². The Balaban J connectivity index is 1.10. The van der Waals surface area contributed by atoms with Crippen LogP contribution in [0, 0.1) is 17.8 Å². The average Bonchev–Trinajstić information content (AvgIpc) is 3.03. The van der Waals surface area contributed by atoms with Crippen molar-refractivity contribution in [1.29, 1.82) is 0 Å². The molecule has 2 saturated heterocycles. The van der Waals surface area contributed by atoms with Crippen molar-refractivity contribution >= 4 is 12.6 Å². The summed E-state index contributed by atoms with van der Waals surface area (Å²) in [5, 5.41) is 0. The first kappa shape index (κ1) is 28.0. The van der Waals surface area contributed by atoms with Crippen molar-refractivity contribution < 1.29 is 28.3 Å². The lowest BCUT2D eigenvalue weighted by atomic mass is 9.54. The molecule has 0 unspecified atom stereocenters. The summed E-state index contributed by atoms with van der Waals surface area (Å²) >= 11 is 0. The van der Waals surface area contributed by atoms with Gasteiger partial charge in [0.25, 0.3) is 0 Å². The van der Waals surface area contributed by atoms with E-state index in [0.717, 1.165) is 53.6 Å². The molecule has 3 aromatic carbocycles. The lowest BCUT2D eigenvalue weighted by Crippen LogP contribution is -2.68. The lowest BCUT2D eigenvalue weighted by molar-refractivity contribution is -0.356. The topological polar surface area (TPSA) is 55.4 Å². The summed E-state index contributed by atoms with van der Waals surface area (Å²) in [4.78, 5) is 0. The predicted octanol–water partition coefficient (Wildman–Crippen LogP) is 5.68. The van der Waals surface area contributed by atoms with E-state index in [0.29, 0.717) is 19.8 Å². The van der Waals surface area contributed by atoms with Crippen LogP contribution in [-0.2, 0) is 41.5 Å². The third kappa shape index (κ3) is 5.96. The molecular formula is C36H41BO6. The molecule has 6 aliphatic rings. The first-order valence-electron chi connectivity index (χ1n) is 16.2. The van der Waals surface area contributed by atoms with Crippen LogP contribution in [0.4, 0.5) is 0 Å². The van der Waals surface area contributed by atoms with Crippen LogP contribution >= 0.6 is 0 Å². The molecular weight excluding hydrogens is 539 g/mol. The number of benzene rings is 3. The molecule has 5 atom stereocenters. The minimum absolute atomic E-state index is 0.145. The molecule has 9 rings (SSSR count). The summed E-state index contributed by atoms with van der Waals surface area (Å²) in [6, 6.07) is 30.7. The van der Waals surface area contributed by atoms with E-state index >= 15 is 0 Å². The standard InChI is InChI=1S/C36H41BO6/c1-4-10-25(11-5-1)22-38-33-32-31(24-40-37(43-32)30-14-8-3-9-15-30)41-35(34(33)39-23-26-12-6-2-7-13-26)42-36-19-27-16-28(20-36)18-29(17-27)21-36/h1-15,27-29,31-35H,16-24H2/t27?,28?,29?,31-,32-,33+,34-,35-,36?/m1/s1. The second kappa shape index (κ2) is 12.1. The summed E-state index contributed by atoms with van der Waals surface area (Å²) in [6.45, 7) is 1.29. The number of hydrogen-bond acceptors (Lipinski definition) is 6. The highest BCUT2D eigenvalue weighted by atomic mass is 16.7. The highest BCUT2D eigenvalue weighted by Crippen LogP contribution is 2.58. The Morgan fingerprint density at radius 3 is 1.79 bits per heavy atom. The zero-order valence-electron chi connectivity index (χ0n) is 24.7. The van der Waals surface area contributed by atoms with Gasteiger partial charge in [0, 0.05) is 0 Å².